The molecule has 0 radical (unpaired) electrons. The zero-order chi connectivity index (χ0) is 15.3. The van der Waals surface area contributed by atoms with Crippen LogP contribution in [-0.2, 0) is 22.1 Å². The predicted molar refractivity (Wildman–Crippen MR) is 81.9 cm³/mol. The number of ether oxygens (including phenoxy) is 1. The van der Waals surface area contributed by atoms with Gasteiger partial charge in [-0.2, -0.15) is 0 Å². The maximum atomic E-state index is 13.8. The Morgan fingerprint density at radius 1 is 1.45 bits per heavy atom. The number of hydrogen-bond acceptors (Lipinski definition) is 3. The fourth-order valence-corrected chi connectivity index (χ4v) is 2.16. The summed E-state index contributed by atoms with van der Waals surface area (Å²) in [6, 6.07) is 4.46. The van der Waals surface area contributed by atoms with E-state index in [4.69, 9.17) is 4.74 Å². The third kappa shape index (κ3) is 4.80. The van der Waals surface area contributed by atoms with Crippen LogP contribution < -0.4 is 0 Å². The first-order valence-corrected chi connectivity index (χ1v) is 7.68. The van der Waals surface area contributed by atoms with Gasteiger partial charge in [0.15, 0.2) is 0 Å². The van der Waals surface area contributed by atoms with E-state index >= 15 is 0 Å². The van der Waals surface area contributed by atoms with Crippen molar-refractivity contribution in [2.24, 2.45) is 4.99 Å². The van der Waals surface area contributed by atoms with Gasteiger partial charge in [-0.25, -0.2) is 4.39 Å². The average molecular weight is 299 g/mol. The first-order valence-electron chi connectivity index (χ1n) is 6.47. The quantitative estimate of drug-likeness (QED) is 0.615. The third-order valence-electron chi connectivity index (χ3n) is 2.81. The van der Waals surface area contributed by atoms with Crippen molar-refractivity contribution < 1.29 is 13.3 Å². The fourth-order valence-electron chi connectivity index (χ4n) is 1.55. The van der Waals surface area contributed by atoms with Crippen LogP contribution in [0, 0.1) is 5.82 Å². The molecule has 0 aliphatic rings. The molecule has 0 aliphatic carbocycles. The van der Waals surface area contributed by atoms with Gasteiger partial charge >= 0.3 is 0 Å². The molecule has 0 aromatic heterocycles. The molecule has 20 heavy (non-hydrogen) atoms. The summed E-state index contributed by atoms with van der Waals surface area (Å²) in [5, 5.41) is 0. The van der Waals surface area contributed by atoms with Crippen molar-refractivity contribution in [3.63, 3.8) is 0 Å². The van der Waals surface area contributed by atoms with Crippen molar-refractivity contribution in [3.05, 3.63) is 35.1 Å². The highest BCUT2D eigenvalue weighted by molar-refractivity contribution is 7.99. The summed E-state index contributed by atoms with van der Waals surface area (Å²) < 4.78 is 30.4. The highest BCUT2D eigenvalue weighted by Crippen LogP contribution is 2.22. The molecule has 1 unspecified atom stereocenters. The van der Waals surface area contributed by atoms with Crippen LogP contribution in [0.1, 0.15) is 44.9 Å². The van der Waals surface area contributed by atoms with E-state index in [2.05, 4.69) is 4.99 Å². The molecule has 0 aliphatic heterocycles. The van der Waals surface area contributed by atoms with Crippen molar-refractivity contribution >= 4 is 16.3 Å². The normalized spacial score (nSPS) is 15.5. The van der Waals surface area contributed by atoms with Crippen LogP contribution in [0.2, 0.25) is 0 Å². The smallest absolute Gasteiger partial charge is 0.128 e. The predicted octanol–water partition coefficient (Wildman–Crippen LogP) is 3.61. The second kappa shape index (κ2) is 7.09. The molecule has 1 aromatic carbocycles. The first kappa shape index (κ1) is 17.0. The molecular weight excluding hydrogens is 277 g/mol. The van der Waals surface area contributed by atoms with E-state index in [-0.39, 0.29) is 16.6 Å². The average Bonchev–Trinajstić information content (AvgIpc) is 2.37. The minimum atomic E-state index is -1.19. The lowest BCUT2D eigenvalue weighted by Crippen LogP contribution is -2.22. The van der Waals surface area contributed by atoms with Crippen LogP contribution in [0.25, 0.3) is 0 Å². The maximum absolute atomic E-state index is 13.8. The van der Waals surface area contributed by atoms with Crippen LogP contribution in [0.4, 0.5) is 4.39 Å². The maximum Gasteiger partial charge on any atom is 0.128 e. The number of methoxy groups -OCH3 is 1. The van der Waals surface area contributed by atoms with E-state index in [0.717, 1.165) is 5.56 Å². The molecule has 0 fully saturated rings. The number of hydrogen-bond donors (Lipinski definition) is 0. The summed E-state index contributed by atoms with van der Waals surface area (Å²) in [6.07, 6.45) is 0. The number of benzene rings is 1. The Hall–Kier alpha value is -1.07. The molecule has 0 spiro atoms. The summed E-state index contributed by atoms with van der Waals surface area (Å²) >= 11 is 0. The summed E-state index contributed by atoms with van der Waals surface area (Å²) in [4.78, 5) is 4.22. The van der Waals surface area contributed by atoms with E-state index in [9.17, 15) is 8.60 Å². The van der Waals surface area contributed by atoms with E-state index in [1.807, 2.05) is 20.8 Å². The van der Waals surface area contributed by atoms with Crippen LogP contribution in [0.15, 0.2) is 23.2 Å². The Balaban J connectivity index is 2.92. The van der Waals surface area contributed by atoms with Gasteiger partial charge in [0.2, 0.25) is 0 Å². The minimum Gasteiger partial charge on any atom is -0.380 e. The SMILES string of the molecule is COCc1ccc(F)c([C@H](C)N=CS(=O)C(C)(C)C)c1. The molecule has 0 bridgehead atoms. The minimum absolute atomic E-state index is 0.309. The highest BCUT2D eigenvalue weighted by atomic mass is 32.2. The number of aliphatic imine (C=N–C) groups is 1. The third-order valence-corrected chi connectivity index (χ3v) is 4.33. The Morgan fingerprint density at radius 3 is 2.65 bits per heavy atom. The molecule has 3 nitrogen and oxygen atoms in total. The Morgan fingerprint density at radius 2 is 2.10 bits per heavy atom. The molecule has 112 valence electrons. The van der Waals surface area contributed by atoms with Gasteiger partial charge in [0.1, 0.15) is 5.82 Å². The van der Waals surface area contributed by atoms with E-state index in [1.54, 1.807) is 26.2 Å². The Bertz CT molecular complexity index is 509. The van der Waals surface area contributed by atoms with Crippen molar-refractivity contribution in [2.45, 2.75) is 45.1 Å². The molecule has 1 aromatic rings. The van der Waals surface area contributed by atoms with Gasteiger partial charge in [0.25, 0.3) is 0 Å². The molecular formula is C15H22FNO2S. The van der Waals surface area contributed by atoms with Gasteiger partial charge in [-0.3, -0.25) is 9.20 Å². The summed E-state index contributed by atoms with van der Waals surface area (Å²) in [6.45, 7) is 7.84. The molecule has 0 heterocycles. The second-order valence-corrected chi connectivity index (χ2v) is 7.66. The zero-order valence-electron chi connectivity index (χ0n) is 12.6. The highest BCUT2D eigenvalue weighted by Gasteiger charge is 2.18. The molecule has 0 saturated heterocycles. The lowest BCUT2D eigenvalue weighted by Gasteiger charge is -2.15. The largest absolute Gasteiger partial charge is 0.380 e. The fraction of sp³-hybridized carbons (Fsp3) is 0.533. The van der Waals surface area contributed by atoms with Crippen LogP contribution in [-0.4, -0.2) is 21.6 Å². The van der Waals surface area contributed by atoms with Gasteiger partial charge in [-0.05, 0) is 45.4 Å². The van der Waals surface area contributed by atoms with E-state index in [1.165, 1.54) is 11.6 Å². The van der Waals surface area contributed by atoms with Crippen molar-refractivity contribution in [3.8, 4) is 0 Å². The van der Waals surface area contributed by atoms with Crippen molar-refractivity contribution in [1.82, 2.24) is 0 Å². The lowest BCUT2D eigenvalue weighted by atomic mass is 10.1. The standard InChI is InChI=1S/C15H22FNO2S/c1-11(17-10-20(18)15(2,3)4)13-8-12(9-19-5)6-7-14(13)16/h6-8,10-11H,9H2,1-5H3/t11-,20?/m0/s1. The molecule has 0 saturated carbocycles. The summed E-state index contributed by atoms with van der Waals surface area (Å²) in [5.41, 5.74) is 2.79. The number of nitrogens with zero attached hydrogens (tertiary/aromatic N) is 1. The van der Waals surface area contributed by atoms with Crippen LogP contribution in [0.3, 0.4) is 0 Å². The topological polar surface area (TPSA) is 38.7 Å². The van der Waals surface area contributed by atoms with Crippen LogP contribution >= 0.6 is 0 Å². The van der Waals surface area contributed by atoms with Gasteiger partial charge in [-0.1, -0.05) is 6.07 Å². The number of rotatable bonds is 5. The molecule has 2 atom stereocenters. The molecule has 0 amide bonds. The van der Waals surface area contributed by atoms with Crippen molar-refractivity contribution in [2.75, 3.05) is 7.11 Å². The Labute approximate surface area is 122 Å². The Kier molecular flexibility index (Phi) is 6.02. The van der Waals surface area contributed by atoms with Gasteiger partial charge in [0.05, 0.1) is 29.0 Å². The lowest BCUT2D eigenvalue weighted by molar-refractivity contribution is 0.184. The summed E-state index contributed by atoms with van der Waals surface area (Å²) in [7, 11) is 0.408. The second-order valence-electron chi connectivity index (χ2n) is 5.63. The molecule has 5 heteroatoms. The molecule has 1 rings (SSSR count). The monoisotopic (exact) mass is 299 g/mol. The van der Waals surface area contributed by atoms with E-state index < -0.39 is 10.8 Å². The van der Waals surface area contributed by atoms with E-state index in [0.29, 0.717) is 12.2 Å². The van der Waals surface area contributed by atoms with Gasteiger partial charge in [0, 0.05) is 17.4 Å². The number of halogens is 1. The molecule has 0 N–H and O–H groups in total. The van der Waals surface area contributed by atoms with Gasteiger partial charge < -0.3 is 4.74 Å². The van der Waals surface area contributed by atoms with Crippen LogP contribution in [0.5, 0.6) is 0 Å². The summed E-state index contributed by atoms with van der Waals surface area (Å²) in [5.74, 6) is -0.309. The van der Waals surface area contributed by atoms with Gasteiger partial charge in [-0.15, -0.1) is 0 Å². The zero-order valence-corrected chi connectivity index (χ0v) is 13.5. The van der Waals surface area contributed by atoms with Crippen molar-refractivity contribution in [1.29, 1.82) is 0 Å². The first-order chi connectivity index (χ1) is 9.25.